The van der Waals surface area contributed by atoms with Crippen LogP contribution in [0.3, 0.4) is 0 Å². The Labute approximate surface area is 184 Å². The number of rotatable bonds is 7. The van der Waals surface area contributed by atoms with Gasteiger partial charge in [-0.25, -0.2) is 4.39 Å². The van der Waals surface area contributed by atoms with E-state index in [1.54, 1.807) is 77.6 Å². The van der Waals surface area contributed by atoms with Gasteiger partial charge in [0.25, 0.3) is 5.91 Å². The number of halogens is 2. The number of anilines is 1. The third-order valence-corrected chi connectivity index (χ3v) is 4.83. The summed E-state index contributed by atoms with van der Waals surface area (Å²) in [6.07, 6.45) is 1.69. The largest absolute Gasteiger partial charge is 0.489 e. The van der Waals surface area contributed by atoms with Crippen molar-refractivity contribution in [1.82, 2.24) is 9.78 Å². The minimum atomic E-state index is -0.291. The molecule has 0 unspecified atom stereocenters. The number of aromatic nitrogens is 2. The normalized spacial score (nSPS) is 10.6. The van der Waals surface area contributed by atoms with E-state index in [2.05, 4.69) is 10.4 Å². The molecule has 0 saturated carbocycles. The number of nitrogens with zero attached hydrogens (tertiary/aromatic N) is 2. The Balaban J connectivity index is 1.37. The lowest BCUT2D eigenvalue weighted by molar-refractivity contribution is 0.102. The van der Waals surface area contributed by atoms with E-state index in [9.17, 15) is 9.18 Å². The SMILES string of the molecule is O=C(Nc1ccn(Cc2ccccc2F)n1)c1cccc(COc2ccc(Cl)cc2)c1. The number of nitrogens with one attached hydrogen (secondary N) is 1. The van der Waals surface area contributed by atoms with Gasteiger partial charge in [-0.05, 0) is 48.0 Å². The van der Waals surface area contributed by atoms with Crippen LogP contribution in [0.4, 0.5) is 10.2 Å². The van der Waals surface area contributed by atoms with Crippen molar-refractivity contribution in [2.24, 2.45) is 0 Å². The first-order valence-corrected chi connectivity index (χ1v) is 10.0. The summed E-state index contributed by atoms with van der Waals surface area (Å²) in [5, 5.41) is 7.71. The molecule has 0 aliphatic heterocycles. The number of carbonyl (C=O) groups is 1. The van der Waals surface area contributed by atoms with Gasteiger partial charge in [-0.2, -0.15) is 5.10 Å². The summed E-state index contributed by atoms with van der Waals surface area (Å²) < 4.78 is 21.1. The average Bonchev–Trinajstić information content (AvgIpc) is 3.22. The Morgan fingerprint density at radius 1 is 1.03 bits per heavy atom. The molecule has 1 N–H and O–H groups in total. The molecule has 0 atom stereocenters. The second-order valence-corrected chi connectivity index (χ2v) is 7.32. The molecule has 0 aliphatic carbocycles. The molecule has 31 heavy (non-hydrogen) atoms. The monoisotopic (exact) mass is 435 g/mol. The first-order chi connectivity index (χ1) is 15.1. The summed E-state index contributed by atoms with van der Waals surface area (Å²) in [6, 6.07) is 22.5. The van der Waals surface area contributed by atoms with Crippen molar-refractivity contribution >= 4 is 23.3 Å². The molecule has 0 fully saturated rings. The molecule has 0 bridgehead atoms. The standard InChI is InChI=1S/C24H19ClFN3O2/c25-20-8-10-21(11-9-20)31-16-17-4-3-6-18(14-17)24(30)27-23-12-13-29(28-23)15-19-5-1-2-7-22(19)26/h1-14H,15-16H2,(H,27,28,30). The molecular weight excluding hydrogens is 417 g/mol. The van der Waals surface area contributed by atoms with E-state index in [1.807, 2.05) is 6.07 Å². The highest BCUT2D eigenvalue weighted by Crippen LogP contribution is 2.18. The van der Waals surface area contributed by atoms with Crippen LogP contribution in [0.2, 0.25) is 5.02 Å². The average molecular weight is 436 g/mol. The van der Waals surface area contributed by atoms with Gasteiger partial charge >= 0.3 is 0 Å². The van der Waals surface area contributed by atoms with Crippen molar-refractivity contribution in [3.8, 4) is 5.75 Å². The fourth-order valence-electron chi connectivity index (χ4n) is 3.01. The summed E-state index contributed by atoms with van der Waals surface area (Å²) in [7, 11) is 0. The van der Waals surface area contributed by atoms with E-state index in [0.29, 0.717) is 34.3 Å². The summed E-state index contributed by atoms with van der Waals surface area (Å²) in [5.41, 5.74) is 1.87. The minimum Gasteiger partial charge on any atom is -0.489 e. The van der Waals surface area contributed by atoms with Crippen LogP contribution in [0.15, 0.2) is 85.1 Å². The van der Waals surface area contributed by atoms with Crippen LogP contribution in [-0.2, 0) is 13.2 Å². The fraction of sp³-hybridized carbons (Fsp3) is 0.0833. The van der Waals surface area contributed by atoms with Crippen molar-refractivity contribution in [1.29, 1.82) is 0 Å². The molecule has 1 aromatic heterocycles. The number of amides is 1. The van der Waals surface area contributed by atoms with Gasteiger partial charge in [0, 0.05) is 28.4 Å². The maximum Gasteiger partial charge on any atom is 0.256 e. The number of ether oxygens (including phenoxy) is 1. The highest BCUT2D eigenvalue weighted by Gasteiger charge is 2.10. The number of hydrogen-bond acceptors (Lipinski definition) is 3. The summed E-state index contributed by atoms with van der Waals surface area (Å²) in [6.45, 7) is 0.597. The zero-order valence-electron chi connectivity index (χ0n) is 16.5. The van der Waals surface area contributed by atoms with Crippen LogP contribution in [0.25, 0.3) is 0 Å². The molecule has 7 heteroatoms. The molecule has 1 amide bonds. The second-order valence-electron chi connectivity index (χ2n) is 6.89. The Hall–Kier alpha value is -3.64. The number of hydrogen-bond donors (Lipinski definition) is 1. The summed E-state index contributed by atoms with van der Waals surface area (Å²) in [4.78, 5) is 12.6. The zero-order valence-corrected chi connectivity index (χ0v) is 17.2. The van der Waals surface area contributed by atoms with Gasteiger partial charge < -0.3 is 10.1 Å². The van der Waals surface area contributed by atoms with Crippen LogP contribution in [0.5, 0.6) is 5.75 Å². The summed E-state index contributed by atoms with van der Waals surface area (Å²) in [5.74, 6) is 0.509. The van der Waals surface area contributed by atoms with Crippen LogP contribution < -0.4 is 10.1 Å². The van der Waals surface area contributed by atoms with Gasteiger partial charge in [0.2, 0.25) is 0 Å². The topological polar surface area (TPSA) is 56.2 Å². The Morgan fingerprint density at radius 2 is 1.84 bits per heavy atom. The van der Waals surface area contributed by atoms with E-state index in [1.165, 1.54) is 6.07 Å². The van der Waals surface area contributed by atoms with Crippen molar-refractivity contribution < 1.29 is 13.9 Å². The van der Waals surface area contributed by atoms with Crippen LogP contribution >= 0.6 is 11.6 Å². The molecule has 0 radical (unpaired) electrons. The third-order valence-electron chi connectivity index (χ3n) is 4.58. The van der Waals surface area contributed by atoms with E-state index in [4.69, 9.17) is 16.3 Å². The zero-order chi connectivity index (χ0) is 21.6. The Bertz CT molecular complexity index is 1190. The predicted molar refractivity (Wildman–Crippen MR) is 118 cm³/mol. The Kier molecular flexibility index (Phi) is 6.29. The van der Waals surface area contributed by atoms with Crippen molar-refractivity contribution in [2.45, 2.75) is 13.2 Å². The fourth-order valence-corrected chi connectivity index (χ4v) is 3.13. The molecule has 4 aromatic rings. The van der Waals surface area contributed by atoms with E-state index >= 15 is 0 Å². The number of carbonyl (C=O) groups excluding carboxylic acids is 1. The minimum absolute atomic E-state index is 0.278. The highest BCUT2D eigenvalue weighted by molar-refractivity contribution is 6.30. The molecular formula is C24H19ClFN3O2. The van der Waals surface area contributed by atoms with Crippen molar-refractivity contribution in [3.63, 3.8) is 0 Å². The number of benzene rings is 3. The molecule has 156 valence electrons. The van der Waals surface area contributed by atoms with Gasteiger partial charge in [0.1, 0.15) is 18.2 Å². The van der Waals surface area contributed by atoms with Gasteiger partial charge in [-0.15, -0.1) is 0 Å². The Morgan fingerprint density at radius 3 is 2.65 bits per heavy atom. The van der Waals surface area contributed by atoms with Crippen LogP contribution in [0.1, 0.15) is 21.5 Å². The third kappa shape index (κ3) is 5.49. The lowest BCUT2D eigenvalue weighted by Crippen LogP contribution is -2.13. The lowest BCUT2D eigenvalue weighted by atomic mass is 10.1. The maximum atomic E-state index is 13.8. The van der Waals surface area contributed by atoms with E-state index < -0.39 is 0 Å². The van der Waals surface area contributed by atoms with Crippen LogP contribution in [0, 0.1) is 5.82 Å². The van der Waals surface area contributed by atoms with Gasteiger partial charge in [0.05, 0.1) is 6.54 Å². The van der Waals surface area contributed by atoms with Crippen molar-refractivity contribution in [3.05, 3.63) is 113 Å². The molecule has 0 saturated heterocycles. The quantitative estimate of drug-likeness (QED) is 0.413. The molecule has 0 aliphatic rings. The smallest absolute Gasteiger partial charge is 0.256 e. The predicted octanol–water partition coefficient (Wildman–Crippen LogP) is 5.56. The first kappa shape index (κ1) is 20.6. The van der Waals surface area contributed by atoms with Crippen molar-refractivity contribution in [2.75, 3.05) is 5.32 Å². The van der Waals surface area contributed by atoms with Gasteiger partial charge in [0.15, 0.2) is 5.82 Å². The highest BCUT2D eigenvalue weighted by atomic mass is 35.5. The molecule has 5 nitrogen and oxygen atoms in total. The summed E-state index contributed by atoms with van der Waals surface area (Å²) >= 11 is 5.88. The van der Waals surface area contributed by atoms with Gasteiger partial charge in [-0.3, -0.25) is 9.48 Å². The van der Waals surface area contributed by atoms with E-state index in [0.717, 1.165) is 5.56 Å². The van der Waals surface area contributed by atoms with Gasteiger partial charge in [-0.1, -0.05) is 41.9 Å². The molecule has 3 aromatic carbocycles. The van der Waals surface area contributed by atoms with Crippen LogP contribution in [-0.4, -0.2) is 15.7 Å². The first-order valence-electron chi connectivity index (χ1n) is 9.62. The lowest BCUT2D eigenvalue weighted by Gasteiger charge is -2.08. The molecule has 4 rings (SSSR count). The molecule has 1 heterocycles. The molecule has 0 spiro atoms. The maximum absolute atomic E-state index is 13.8. The second kappa shape index (κ2) is 9.45. The van der Waals surface area contributed by atoms with E-state index in [-0.39, 0.29) is 18.3 Å².